The normalized spacial score (nSPS) is 25.5. The molecule has 1 amide bonds. The van der Waals surface area contributed by atoms with Crippen LogP contribution in [0.2, 0.25) is 0 Å². The van der Waals surface area contributed by atoms with Gasteiger partial charge in [-0.25, -0.2) is 0 Å². The van der Waals surface area contributed by atoms with Crippen LogP contribution in [0.25, 0.3) is 11.3 Å². The number of aromatic nitrogens is 1. The van der Waals surface area contributed by atoms with E-state index in [1.165, 1.54) is 0 Å². The molecule has 3 aliphatic heterocycles. The molecule has 2 fully saturated rings. The van der Waals surface area contributed by atoms with Gasteiger partial charge in [0, 0.05) is 17.4 Å². The smallest absolute Gasteiger partial charge is 0.308 e. The van der Waals surface area contributed by atoms with Crippen molar-refractivity contribution in [2.75, 3.05) is 12.5 Å². The predicted molar refractivity (Wildman–Crippen MR) is 119 cm³/mol. The van der Waals surface area contributed by atoms with Crippen molar-refractivity contribution in [3.05, 3.63) is 30.0 Å². The summed E-state index contributed by atoms with van der Waals surface area (Å²) in [6, 6.07) is 7.13. The van der Waals surface area contributed by atoms with Crippen molar-refractivity contribution in [2.24, 2.45) is 10.9 Å². The number of amidine groups is 1. The number of rotatable bonds is 5. The number of amides is 1. The van der Waals surface area contributed by atoms with E-state index in [0.29, 0.717) is 28.7 Å². The van der Waals surface area contributed by atoms with Crippen molar-refractivity contribution < 1.29 is 28.3 Å². The molecule has 172 valence electrons. The van der Waals surface area contributed by atoms with E-state index in [-0.39, 0.29) is 49.7 Å². The molecule has 6 rings (SSSR count). The zero-order valence-corrected chi connectivity index (χ0v) is 18.7. The number of esters is 1. The first-order valence-electron chi connectivity index (χ1n) is 11.2. The summed E-state index contributed by atoms with van der Waals surface area (Å²) in [5.74, 6) is 2.28. The minimum absolute atomic E-state index is 0.00629. The number of hydrogen-bond donors (Lipinski definition) is 0. The lowest BCUT2D eigenvalue weighted by Gasteiger charge is -2.37. The van der Waals surface area contributed by atoms with Crippen LogP contribution in [0.15, 0.2) is 33.8 Å². The number of thioether (sulfide) groups is 1. The van der Waals surface area contributed by atoms with Gasteiger partial charge >= 0.3 is 5.97 Å². The Labute approximate surface area is 194 Å². The molecule has 10 heteroatoms. The van der Waals surface area contributed by atoms with Crippen molar-refractivity contribution >= 4 is 28.8 Å². The molecule has 1 aromatic carbocycles. The second-order valence-corrected chi connectivity index (χ2v) is 9.65. The molecule has 0 radical (unpaired) electrons. The van der Waals surface area contributed by atoms with Crippen LogP contribution in [0, 0.1) is 5.92 Å². The fourth-order valence-electron chi connectivity index (χ4n) is 4.84. The van der Waals surface area contributed by atoms with Gasteiger partial charge in [-0.2, -0.15) is 0 Å². The predicted octanol–water partition coefficient (Wildman–Crippen LogP) is 3.38. The van der Waals surface area contributed by atoms with Crippen molar-refractivity contribution in [2.45, 2.75) is 50.8 Å². The molecule has 1 saturated carbocycles. The number of carbonyl (C=O) groups is 2. The van der Waals surface area contributed by atoms with Crippen molar-refractivity contribution in [3.8, 4) is 22.8 Å². The van der Waals surface area contributed by atoms with E-state index in [4.69, 9.17) is 23.7 Å². The van der Waals surface area contributed by atoms with Crippen LogP contribution in [-0.2, 0) is 20.9 Å². The highest BCUT2D eigenvalue weighted by atomic mass is 32.2. The van der Waals surface area contributed by atoms with E-state index in [1.807, 2.05) is 18.2 Å². The first-order chi connectivity index (χ1) is 16.2. The zero-order valence-electron chi connectivity index (χ0n) is 17.9. The van der Waals surface area contributed by atoms with Gasteiger partial charge in [0.25, 0.3) is 0 Å². The molecule has 1 aromatic heterocycles. The lowest BCUT2D eigenvalue weighted by atomic mass is 9.83. The van der Waals surface area contributed by atoms with Gasteiger partial charge in [-0.15, -0.1) is 0 Å². The van der Waals surface area contributed by atoms with Gasteiger partial charge in [0.15, 0.2) is 22.4 Å². The van der Waals surface area contributed by atoms with Crippen LogP contribution >= 0.6 is 11.8 Å². The Morgan fingerprint density at radius 1 is 1.18 bits per heavy atom. The van der Waals surface area contributed by atoms with Crippen molar-refractivity contribution in [1.29, 1.82) is 0 Å². The minimum Gasteiger partial charge on any atom is -0.459 e. The molecule has 1 aliphatic carbocycles. The number of aliphatic imine (C=N–C) groups is 1. The highest BCUT2D eigenvalue weighted by molar-refractivity contribution is 8.14. The molecule has 0 N–H and O–H groups in total. The van der Waals surface area contributed by atoms with Gasteiger partial charge in [0.05, 0.1) is 24.4 Å². The summed E-state index contributed by atoms with van der Waals surface area (Å²) in [6.07, 6.45) is 4.20. The lowest BCUT2D eigenvalue weighted by Crippen LogP contribution is -2.50. The van der Waals surface area contributed by atoms with Gasteiger partial charge in [-0.3, -0.25) is 19.5 Å². The number of benzene rings is 1. The number of ether oxygens (including phenoxy) is 3. The van der Waals surface area contributed by atoms with Crippen LogP contribution in [0.1, 0.15) is 37.8 Å². The lowest BCUT2D eigenvalue weighted by molar-refractivity contribution is -0.147. The largest absolute Gasteiger partial charge is 0.459 e. The van der Waals surface area contributed by atoms with Crippen molar-refractivity contribution in [1.82, 2.24) is 10.1 Å². The summed E-state index contributed by atoms with van der Waals surface area (Å²) in [5, 5.41) is 4.77. The van der Waals surface area contributed by atoms with Crippen LogP contribution in [0.3, 0.4) is 0 Å². The Hall–Kier alpha value is -3.01. The molecule has 3 atom stereocenters. The molecule has 2 aromatic rings. The Morgan fingerprint density at radius 2 is 2.06 bits per heavy atom. The maximum absolute atomic E-state index is 13.1. The second-order valence-electron chi connectivity index (χ2n) is 8.66. The van der Waals surface area contributed by atoms with E-state index >= 15 is 0 Å². The molecule has 3 unspecified atom stereocenters. The first kappa shape index (κ1) is 20.6. The maximum Gasteiger partial charge on any atom is 0.308 e. The first-order valence-corrected chi connectivity index (χ1v) is 12.2. The molecular weight excluding hydrogens is 446 g/mol. The van der Waals surface area contributed by atoms with E-state index in [9.17, 15) is 9.59 Å². The molecule has 4 heterocycles. The van der Waals surface area contributed by atoms with Gasteiger partial charge < -0.3 is 18.7 Å². The Morgan fingerprint density at radius 3 is 3.00 bits per heavy atom. The highest BCUT2D eigenvalue weighted by Gasteiger charge is 2.46. The van der Waals surface area contributed by atoms with Crippen LogP contribution in [0.4, 0.5) is 0 Å². The van der Waals surface area contributed by atoms with Crippen LogP contribution in [-0.4, -0.2) is 51.7 Å². The van der Waals surface area contributed by atoms with E-state index in [0.717, 1.165) is 36.4 Å². The van der Waals surface area contributed by atoms with E-state index in [1.54, 1.807) is 22.7 Å². The number of fused-ring (bicyclic) bond motifs is 3. The summed E-state index contributed by atoms with van der Waals surface area (Å²) in [5.41, 5.74) is 1.31. The third-order valence-corrected chi connectivity index (χ3v) is 7.65. The Balaban J connectivity index is 1.06. The summed E-state index contributed by atoms with van der Waals surface area (Å²) >= 11 is 1.56. The van der Waals surface area contributed by atoms with Gasteiger partial charge in [0.1, 0.15) is 12.3 Å². The molecule has 9 nitrogen and oxygen atoms in total. The summed E-state index contributed by atoms with van der Waals surface area (Å²) in [6.45, 7) is 0.208. The average Bonchev–Trinajstić information content (AvgIpc) is 3.57. The monoisotopic (exact) mass is 469 g/mol. The molecule has 4 aliphatic rings. The fraction of sp³-hybridized carbons (Fsp3) is 0.478. The van der Waals surface area contributed by atoms with Gasteiger partial charge in [-0.1, -0.05) is 29.8 Å². The minimum atomic E-state index is -0.368. The number of nitrogens with zero attached hydrogens (tertiary/aromatic N) is 3. The molecule has 0 bridgehead atoms. The van der Waals surface area contributed by atoms with Crippen molar-refractivity contribution in [3.63, 3.8) is 0 Å². The Kier molecular flexibility index (Phi) is 5.24. The molecule has 1 saturated heterocycles. The number of hydrogen-bond acceptors (Lipinski definition) is 9. The second kappa shape index (κ2) is 8.40. The molecule has 33 heavy (non-hydrogen) atoms. The summed E-state index contributed by atoms with van der Waals surface area (Å²) < 4.78 is 21.6. The third kappa shape index (κ3) is 3.86. The quantitative estimate of drug-likeness (QED) is 0.614. The molecular formula is C23H23N3O6S. The topological polar surface area (TPSA) is 103 Å². The van der Waals surface area contributed by atoms with Gasteiger partial charge in [-0.05, 0) is 31.0 Å². The summed E-state index contributed by atoms with van der Waals surface area (Å²) in [7, 11) is 0. The third-order valence-electron chi connectivity index (χ3n) is 6.54. The van der Waals surface area contributed by atoms with E-state index < -0.39 is 0 Å². The van der Waals surface area contributed by atoms with E-state index in [2.05, 4.69) is 5.16 Å². The molecule has 0 spiro atoms. The van der Waals surface area contributed by atoms with Gasteiger partial charge in [0.2, 0.25) is 12.7 Å². The maximum atomic E-state index is 13.1. The van der Waals surface area contributed by atoms with Crippen LogP contribution in [0.5, 0.6) is 11.5 Å². The SMILES string of the molecule is O=C(CC1CSC2=NC3CCCCC3C(=O)N21)OCc1cc(-c2ccc3c(c2)OCO3)on1. The standard InChI is InChI=1S/C23H23N3O6S/c27-21(9-15-11-33-23-24-17-4-2-1-3-16(17)22(28)26(15)23)29-10-14-8-19(32-25-14)13-5-6-18-20(7-13)31-12-30-18/h5-8,15-17H,1-4,9-12H2. The Bertz CT molecular complexity index is 1130. The fourth-order valence-corrected chi connectivity index (χ4v) is 6.04. The number of carbonyl (C=O) groups excluding carboxylic acids is 2. The van der Waals surface area contributed by atoms with Crippen LogP contribution < -0.4 is 9.47 Å². The summed E-state index contributed by atoms with van der Waals surface area (Å²) in [4.78, 5) is 32.2. The highest BCUT2D eigenvalue weighted by Crippen LogP contribution is 2.39. The zero-order chi connectivity index (χ0) is 22.4. The average molecular weight is 470 g/mol.